The Morgan fingerprint density at radius 2 is 2.00 bits per heavy atom. The lowest BCUT2D eigenvalue weighted by atomic mass is 9.92. The number of nitrogens with one attached hydrogen (secondary N) is 2. The number of likely N-dealkylation sites (tertiary alicyclic amines) is 1. The van der Waals surface area contributed by atoms with Crippen molar-refractivity contribution in [3.05, 3.63) is 24.3 Å². The molecule has 6 nitrogen and oxygen atoms in total. The fourth-order valence-electron chi connectivity index (χ4n) is 2.71. The molecule has 0 aliphatic carbocycles. The molecule has 1 fully saturated rings. The van der Waals surface area contributed by atoms with Gasteiger partial charge in [-0.1, -0.05) is 12.1 Å². The van der Waals surface area contributed by atoms with Crippen molar-refractivity contribution in [2.45, 2.75) is 25.4 Å². The minimum Gasteiger partial charge on any atom is -0.388 e. The molecule has 128 valence electrons. The third-order valence-corrected chi connectivity index (χ3v) is 4.53. The summed E-state index contributed by atoms with van der Waals surface area (Å²) < 4.78 is 0. The minimum absolute atomic E-state index is 0.276. The highest BCUT2D eigenvalue weighted by atomic mass is 16.3. The number of hydrogen-bond acceptors (Lipinski definition) is 4. The molecule has 6 heteroatoms. The molecular weight excluding hydrogens is 292 g/mol. The van der Waals surface area contributed by atoms with Crippen molar-refractivity contribution < 1.29 is 9.90 Å². The van der Waals surface area contributed by atoms with Gasteiger partial charge in [0.25, 0.3) is 0 Å². The van der Waals surface area contributed by atoms with Crippen molar-refractivity contribution >= 4 is 17.4 Å². The minimum atomic E-state index is -0.802. The van der Waals surface area contributed by atoms with Crippen molar-refractivity contribution in [2.24, 2.45) is 0 Å². The number of carbonyl (C=O) groups is 1. The topological polar surface area (TPSA) is 67.8 Å². The summed E-state index contributed by atoms with van der Waals surface area (Å²) in [6, 6.07) is 7.42. The maximum atomic E-state index is 12.2. The second-order valence-electron chi connectivity index (χ2n) is 6.37. The van der Waals surface area contributed by atoms with Crippen LogP contribution < -0.4 is 15.5 Å². The first kappa shape index (κ1) is 17.6. The predicted molar refractivity (Wildman–Crippen MR) is 94.1 cm³/mol. The zero-order valence-corrected chi connectivity index (χ0v) is 14.3. The molecule has 1 saturated heterocycles. The van der Waals surface area contributed by atoms with Gasteiger partial charge in [0.1, 0.15) is 0 Å². The van der Waals surface area contributed by atoms with Gasteiger partial charge in [0.2, 0.25) is 0 Å². The Hall–Kier alpha value is -1.79. The van der Waals surface area contributed by atoms with Crippen LogP contribution in [0.5, 0.6) is 0 Å². The van der Waals surface area contributed by atoms with Gasteiger partial charge >= 0.3 is 6.03 Å². The molecular formula is C17H28N4O2. The molecule has 1 heterocycles. The van der Waals surface area contributed by atoms with Gasteiger partial charge in [-0.25, -0.2) is 4.79 Å². The zero-order chi connectivity index (χ0) is 16.9. The molecule has 3 N–H and O–H groups in total. The van der Waals surface area contributed by atoms with E-state index in [1.54, 1.807) is 0 Å². The van der Waals surface area contributed by atoms with Gasteiger partial charge in [0.15, 0.2) is 0 Å². The highest BCUT2D eigenvalue weighted by Gasteiger charge is 2.31. The number of anilines is 2. The van der Waals surface area contributed by atoms with Gasteiger partial charge in [0.05, 0.1) is 17.0 Å². The van der Waals surface area contributed by atoms with Crippen LogP contribution >= 0.6 is 0 Å². The van der Waals surface area contributed by atoms with E-state index in [9.17, 15) is 9.90 Å². The molecule has 0 bridgehead atoms. The number of nitrogens with zero attached hydrogens (tertiary/aromatic N) is 2. The van der Waals surface area contributed by atoms with Crippen LogP contribution in [0.15, 0.2) is 24.3 Å². The molecule has 23 heavy (non-hydrogen) atoms. The van der Waals surface area contributed by atoms with E-state index in [0.29, 0.717) is 12.8 Å². The average molecular weight is 320 g/mol. The first-order chi connectivity index (χ1) is 10.9. The summed E-state index contributed by atoms with van der Waals surface area (Å²) in [5, 5.41) is 16.2. The normalized spacial score (nSPS) is 17.6. The van der Waals surface area contributed by atoms with Crippen LogP contribution in [0.1, 0.15) is 19.8 Å². The number of rotatable bonds is 5. The Morgan fingerprint density at radius 3 is 2.65 bits per heavy atom. The first-order valence-electron chi connectivity index (χ1n) is 8.19. The Kier molecular flexibility index (Phi) is 5.85. The molecule has 1 aromatic carbocycles. The monoisotopic (exact) mass is 320 g/mol. The second-order valence-corrected chi connectivity index (χ2v) is 6.37. The van der Waals surface area contributed by atoms with Crippen molar-refractivity contribution in [1.29, 1.82) is 0 Å². The quantitative estimate of drug-likeness (QED) is 0.773. The van der Waals surface area contributed by atoms with E-state index >= 15 is 0 Å². The van der Waals surface area contributed by atoms with Gasteiger partial charge in [-0.05, 0) is 38.9 Å². The van der Waals surface area contributed by atoms with Crippen LogP contribution in [0.25, 0.3) is 0 Å². The number of benzene rings is 1. The number of para-hydroxylation sites is 2. The predicted octanol–water partition coefficient (Wildman–Crippen LogP) is 1.72. The molecule has 0 radical (unpaired) electrons. The van der Waals surface area contributed by atoms with E-state index < -0.39 is 5.60 Å². The van der Waals surface area contributed by atoms with Gasteiger partial charge in [-0.15, -0.1) is 0 Å². The van der Waals surface area contributed by atoms with Crippen molar-refractivity contribution in [3.63, 3.8) is 0 Å². The lowest BCUT2D eigenvalue weighted by molar-refractivity contribution is -0.0120. The molecule has 2 amide bonds. The summed E-state index contributed by atoms with van der Waals surface area (Å²) in [7, 11) is 4.03. The molecule has 0 aromatic heterocycles. The van der Waals surface area contributed by atoms with Gasteiger partial charge in [0, 0.05) is 33.2 Å². The van der Waals surface area contributed by atoms with E-state index in [2.05, 4.69) is 27.4 Å². The molecule has 1 aliphatic heterocycles. The second kappa shape index (κ2) is 7.66. The highest BCUT2D eigenvalue weighted by Crippen LogP contribution is 2.24. The van der Waals surface area contributed by atoms with Crippen molar-refractivity contribution in [2.75, 3.05) is 50.5 Å². The number of amides is 2. The number of urea groups is 1. The molecule has 0 unspecified atom stereocenters. The summed E-state index contributed by atoms with van der Waals surface area (Å²) in [4.78, 5) is 16.4. The first-order valence-corrected chi connectivity index (χ1v) is 8.19. The molecule has 0 saturated carbocycles. The number of carbonyl (C=O) groups excluding carboxylic acids is 1. The Bertz CT molecular complexity index is 527. The lowest BCUT2D eigenvalue weighted by Crippen LogP contribution is -2.50. The lowest BCUT2D eigenvalue weighted by Gasteiger charge is -2.36. The van der Waals surface area contributed by atoms with Crippen molar-refractivity contribution in [1.82, 2.24) is 10.2 Å². The largest absolute Gasteiger partial charge is 0.388 e. The zero-order valence-electron chi connectivity index (χ0n) is 14.3. The highest BCUT2D eigenvalue weighted by molar-refractivity contribution is 5.93. The number of hydrogen-bond donors (Lipinski definition) is 3. The Labute approximate surface area is 138 Å². The summed E-state index contributed by atoms with van der Waals surface area (Å²) in [5.74, 6) is 0. The number of aliphatic hydroxyl groups is 1. The third kappa shape index (κ3) is 4.84. The summed E-state index contributed by atoms with van der Waals surface area (Å²) in [6.45, 7) is 4.90. The molecule has 0 spiro atoms. The van der Waals surface area contributed by atoms with Crippen LogP contribution in [0.4, 0.5) is 16.2 Å². The van der Waals surface area contributed by atoms with Crippen LogP contribution in [0, 0.1) is 0 Å². The molecule has 1 aromatic rings. The van der Waals surface area contributed by atoms with Crippen LogP contribution in [-0.4, -0.2) is 61.9 Å². The Morgan fingerprint density at radius 1 is 1.35 bits per heavy atom. The standard InChI is InChI=1S/C17H28N4O2/c1-4-21(3)15-8-6-5-7-14(15)19-16(22)18-13-17(23)9-11-20(2)12-10-17/h5-8,23H,4,9-13H2,1-3H3,(H2,18,19,22). The van der Waals surface area contributed by atoms with E-state index in [-0.39, 0.29) is 12.6 Å². The van der Waals surface area contributed by atoms with E-state index in [0.717, 1.165) is 31.0 Å². The van der Waals surface area contributed by atoms with Crippen molar-refractivity contribution in [3.8, 4) is 0 Å². The van der Waals surface area contributed by atoms with E-state index in [1.165, 1.54) is 0 Å². The van der Waals surface area contributed by atoms with Gasteiger partial charge < -0.3 is 25.5 Å². The Balaban J connectivity index is 1.90. The maximum absolute atomic E-state index is 12.2. The van der Waals surface area contributed by atoms with Crippen LogP contribution in [0.2, 0.25) is 0 Å². The smallest absolute Gasteiger partial charge is 0.319 e. The summed E-state index contributed by atoms with van der Waals surface area (Å²) in [6.07, 6.45) is 1.36. The molecule has 1 aliphatic rings. The summed E-state index contributed by atoms with van der Waals surface area (Å²) in [5.41, 5.74) is 0.941. The van der Waals surface area contributed by atoms with Crippen LogP contribution in [0.3, 0.4) is 0 Å². The SMILES string of the molecule is CCN(C)c1ccccc1NC(=O)NCC1(O)CCN(C)CC1. The molecule has 2 rings (SSSR count). The van der Waals surface area contributed by atoms with Crippen LogP contribution in [-0.2, 0) is 0 Å². The third-order valence-electron chi connectivity index (χ3n) is 4.53. The average Bonchev–Trinajstić information content (AvgIpc) is 2.56. The summed E-state index contributed by atoms with van der Waals surface area (Å²) >= 11 is 0. The van der Waals surface area contributed by atoms with E-state index in [1.807, 2.05) is 38.4 Å². The van der Waals surface area contributed by atoms with Gasteiger partial charge in [-0.2, -0.15) is 0 Å². The number of piperidine rings is 1. The fraction of sp³-hybridized carbons (Fsp3) is 0.588. The van der Waals surface area contributed by atoms with Gasteiger partial charge in [-0.3, -0.25) is 0 Å². The maximum Gasteiger partial charge on any atom is 0.319 e. The molecule has 0 atom stereocenters. The fourth-order valence-corrected chi connectivity index (χ4v) is 2.71. The van der Waals surface area contributed by atoms with E-state index in [4.69, 9.17) is 0 Å².